The highest BCUT2D eigenvalue weighted by atomic mass is 16.5. The average molecular weight is 91.2 g/mol. The van der Waals surface area contributed by atoms with Crippen LogP contribution in [0.3, 0.4) is 0 Å². The van der Waals surface area contributed by atoms with Crippen LogP contribution >= 0.6 is 0 Å². The van der Waals surface area contributed by atoms with Gasteiger partial charge in [0.25, 0.3) is 0 Å². The minimum atomic E-state index is 0.625. The van der Waals surface area contributed by atoms with Gasteiger partial charge >= 0.3 is 0 Å². The highest BCUT2D eigenvalue weighted by molar-refractivity contribution is 4.04. The molecule has 0 fully saturated rings. The Morgan fingerprint density at radius 1 is 1.50 bits per heavy atom. The van der Waals surface area contributed by atoms with Gasteiger partial charge in [0.05, 0.1) is 0 Å². The third kappa shape index (κ3) is 39.5. The molecule has 2 heteroatoms. The van der Waals surface area contributed by atoms with Crippen LogP contribution in [0.2, 0.25) is 0 Å². The van der Waals surface area contributed by atoms with Crippen molar-refractivity contribution in [2.45, 2.75) is 20.8 Å². The monoisotopic (exact) mass is 91.1 g/mol. The molecule has 0 heterocycles. The van der Waals surface area contributed by atoms with Crippen LogP contribution in [-0.2, 0) is 0 Å². The summed E-state index contributed by atoms with van der Waals surface area (Å²) >= 11 is 0. The molecule has 2 nitrogen and oxygen atoms in total. The molecule has 0 aliphatic heterocycles. The molecule has 0 spiro atoms. The van der Waals surface area contributed by atoms with Gasteiger partial charge in [-0.2, -0.15) is 0 Å². The molecule has 0 bridgehead atoms. The van der Waals surface area contributed by atoms with Crippen LogP contribution in [0.25, 0.3) is 0 Å². The van der Waals surface area contributed by atoms with Crippen molar-refractivity contribution in [3.05, 3.63) is 0 Å². The Bertz CT molecular complexity index is 9.51. The number of rotatable bonds is 1. The zero-order valence-corrected chi connectivity index (χ0v) is 4.65. The second kappa shape index (κ2) is 20.5. The van der Waals surface area contributed by atoms with Crippen LogP contribution in [0, 0.1) is 0 Å². The standard InChI is InChI=1S/C2H7NO.C2H6/c1-2-3-4;1-2/h3-4H,2H2,1H3;1-2H3. The van der Waals surface area contributed by atoms with Crippen LogP contribution in [-0.4, -0.2) is 11.8 Å². The van der Waals surface area contributed by atoms with E-state index in [9.17, 15) is 0 Å². The van der Waals surface area contributed by atoms with Crippen molar-refractivity contribution in [1.29, 1.82) is 0 Å². The molecule has 0 aromatic rings. The highest BCUT2D eigenvalue weighted by Crippen LogP contribution is 1.34. The fourth-order valence-electron chi connectivity index (χ4n) is 0. The van der Waals surface area contributed by atoms with Crippen LogP contribution in [0.1, 0.15) is 20.8 Å². The molecular formula is C4H13NO. The van der Waals surface area contributed by atoms with Gasteiger partial charge in [0.1, 0.15) is 0 Å². The minimum absolute atomic E-state index is 0.625. The van der Waals surface area contributed by atoms with E-state index in [1.165, 1.54) is 0 Å². The molecule has 0 aliphatic rings. The van der Waals surface area contributed by atoms with E-state index in [2.05, 4.69) is 0 Å². The molecule has 0 radical (unpaired) electrons. The number of hydrogen-bond donors (Lipinski definition) is 2. The van der Waals surface area contributed by atoms with E-state index >= 15 is 0 Å². The van der Waals surface area contributed by atoms with Crippen molar-refractivity contribution in [2.75, 3.05) is 6.54 Å². The van der Waals surface area contributed by atoms with Crippen molar-refractivity contribution in [2.24, 2.45) is 0 Å². The maximum absolute atomic E-state index is 7.62. The van der Waals surface area contributed by atoms with E-state index in [0.717, 1.165) is 0 Å². The summed E-state index contributed by atoms with van der Waals surface area (Å²) in [7, 11) is 0. The molecule has 0 aliphatic carbocycles. The molecule has 6 heavy (non-hydrogen) atoms. The van der Waals surface area contributed by atoms with E-state index in [4.69, 9.17) is 5.21 Å². The fourth-order valence-corrected chi connectivity index (χ4v) is 0. The van der Waals surface area contributed by atoms with Gasteiger partial charge in [-0.15, -0.1) is 0 Å². The summed E-state index contributed by atoms with van der Waals surface area (Å²) in [5.74, 6) is 0. The van der Waals surface area contributed by atoms with Gasteiger partial charge in [-0.05, 0) is 0 Å². The summed E-state index contributed by atoms with van der Waals surface area (Å²) < 4.78 is 0. The second-order valence-electron chi connectivity index (χ2n) is 0.512. The molecular weight excluding hydrogens is 78.0 g/mol. The average Bonchev–Trinajstić information content (AvgIpc) is 1.72. The van der Waals surface area contributed by atoms with Crippen molar-refractivity contribution < 1.29 is 5.21 Å². The lowest BCUT2D eigenvalue weighted by Crippen LogP contribution is -2.02. The van der Waals surface area contributed by atoms with Crippen LogP contribution in [0.15, 0.2) is 0 Å². The van der Waals surface area contributed by atoms with Crippen molar-refractivity contribution in [3.63, 3.8) is 0 Å². The Kier molecular flexibility index (Phi) is 31.9. The van der Waals surface area contributed by atoms with Gasteiger partial charge in [-0.3, -0.25) is 0 Å². The lowest BCUT2D eigenvalue weighted by molar-refractivity contribution is 0.173. The second-order valence-corrected chi connectivity index (χ2v) is 0.512. The van der Waals surface area contributed by atoms with E-state index in [1.54, 1.807) is 0 Å². The predicted molar refractivity (Wildman–Crippen MR) is 26.8 cm³/mol. The van der Waals surface area contributed by atoms with Crippen LogP contribution < -0.4 is 5.48 Å². The summed E-state index contributed by atoms with van der Waals surface area (Å²) in [5.41, 5.74) is 1.93. The predicted octanol–water partition coefficient (Wildman–Crippen LogP) is 1.01. The SMILES string of the molecule is CC.CCNO. The molecule has 0 unspecified atom stereocenters. The molecule has 0 rings (SSSR count). The molecule has 40 valence electrons. The Morgan fingerprint density at radius 2 is 1.67 bits per heavy atom. The molecule has 0 saturated carbocycles. The van der Waals surface area contributed by atoms with Gasteiger partial charge in [0, 0.05) is 6.54 Å². The number of nitrogens with one attached hydrogen (secondary N) is 1. The van der Waals surface area contributed by atoms with E-state index < -0.39 is 0 Å². The zero-order chi connectivity index (χ0) is 5.41. The van der Waals surface area contributed by atoms with Gasteiger partial charge in [0.2, 0.25) is 0 Å². The van der Waals surface area contributed by atoms with Crippen molar-refractivity contribution in [3.8, 4) is 0 Å². The largest absolute Gasteiger partial charge is 0.317 e. The first kappa shape index (κ1) is 9.33. The van der Waals surface area contributed by atoms with E-state index in [1.807, 2.05) is 26.3 Å². The van der Waals surface area contributed by atoms with Crippen LogP contribution in [0.5, 0.6) is 0 Å². The number of hydroxylamine groups is 1. The molecule has 0 atom stereocenters. The maximum atomic E-state index is 7.62. The van der Waals surface area contributed by atoms with E-state index in [0.29, 0.717) is 6.54 Å². The molecule has 0 saturated heterocycles. The first-order valence-electron chi connectivity index (χ1n) is 2.28. The smallest absolute Gasteiger partial charge is 0.0179 e. The first-order valence-corrected chi connectivity index (χ1v) is 2.28. The Morgan fingerprint density at radius 3 is 1.67 bits per heavy atom. The summed E-state index contributed by atoms with van der Waals surface area (Å²) in [5, 5.41) is 7.62. The van der Waals surface area contributed by atoms with Gasteiger partial charge in [0.15, 0.2) is 0 Å². The van der Waals surface area contributed by atoms with Gasteiger partial charge in [-0.25, -0.2) is 5.48 Å². The molecule has 0 aromatic heterocycles. The maximum Gasteiger partial charge on any atom is 0.0179 e. The lowest BCUT2D eigenvalue weighted by Gasteiger charge is -1.75. The quantitative estimate of drug-likeness (QED) is 0.472. The summed E-state index contributed by atoms with van der Waals surface area (Å²) in [6.45, 7) is 6.44. The minimum Gasteiger partial charge on any atom is -0.317 e. The third-order valence-electron chi connectivity index (χ3n) is 0.158. The molecule has 2 N–H and O–H groups in total. The normalized spacial score (nSPS) is 6.00. The van der Waals surface area contributed by atoms with E-state index in [-0.39, 0.29) is 0 Å². The molecule has 0 aromatic carbocycles. The lowest BCUT2D eigenvalue weighted by atomic mass is 10.8. The number of hydrogen-bond acceptors (Lipinski definition) is 2. The highest BCUT2D eigenvalue weighted by Gasteiger charge is 1.51. The topological polar surface area (TPSA) is 32.3 Å². The summed E-state index contributed by atoms with van der Waals surface area (Å²) in [4.78, 5) is 0. The summed E-state index contributed by atoms with van der Waals surface area (Å²) in [6, 6.07) is 0. The van der Waals surface area contributed by atoms with Crippen LogP contribution in [0.4, 0.5) is 0 Å². The Labute approximate surface area is 39.1 Å². The Hall–Kier alpha value is -0.0800. The summed E-state index contributed by atoms with van der Waals surface area (Å²) in [6.07, 6.45) is 0. The van der Waals surface area contributed by atoms with Gasteiger partial charge in [-0.1, -0.05) is 20.8 Å². The van der Waals surface area contributed by atoms with Crippen molar-refractivity contribution >= 4 is 0 Å². The van der Waals surface area contributed by atoms with Gasteiger partial charge < -0.3 is 5.21 Å². The Balaban J connectivity index is 0. The fraction of sp³-hybridized carbons (Fsp3) is 1.00. The third-order valence-corrected chi connectivity index (χ3v) is 0.158. The van der Waals surface area contributed by atoms with Crippen molar-refractivity contribution in [1.82, 2.24) is 5.48 Å². The zero-order valence-electron chi connectivity index (χ0n) is 4.65. The first-order chi connectivity index (χ1) is 2.91. The molecule has 0 amide bonds.